The summed E-state index contributed by atoms with van der Waals surface area (Å²) in [5.74, 6) is 0.426. The van der Waals surface area contributed by atoms with Gasteiger partial charge in [0.05, 0.1) is 24.9 Å². The Morgan fingerprint density at radius 1 is 0.974 bits per heavy atom. The van der Waals surface area contributed by atoms with Crippen molar-refractivity contribution in [3.63, 3.8) is 0 Å². The van der Waals surface area contributed by atoms with Crippen LogP contribution in [0.1, 0.15) is 91.7 Å². The molecule has 0 radical (unpaired) electrons. The number of aldehydes is 1. The molecular formula is C32H58O4Si2. The van der Waals surface area contributed by atoms with Crippen molar-refractivity contribution in [1.82, 2.24) is 0 Å². The van der Waals surface area contributed by atoms with Gasteiger partial charge in [-0.1, -0.05) is 72.7 Å². The summed E-state index contributed by atoms with van der Waals surface area (Å²) in [6, 6.07) is 9.02. The minimum atomic E-state index is -1.97. The maximum Gasteiger partial charge on any atom is 0.192 e. The lowest BCUT2D eigenvalue weighted by atomic mass is 9.90. The fourth-order valence-electron chi connectivity index (χ4n) is 4.77. The van der Waals surface area contributed by atoms with Crippen LogP contribution >= 0.6 is 0 Å². The lowest BCUT2D eigenvalue weighted by Gasteiger charge is -2.42. The molecule has 1 heterocycles. The molecule has 4 atom stereocenters. The first kappa shape index (κ1) is 33.4. The fourth-order valence-corrected chi connectivity index (χ4v) is 7.15. The maximum absolute atomic E-state index is 11.5. The Morgan fingerprint density at radius 3 is 2.08 bits per heavy atom. The van der Waals surface area contributed by atoms with Gasteiger partial charge in [-0.05, 0) is 85.4 Å². The zero-order chi connectivity index (χ0) is 28.8. The van der Waals surface area contributed by atoms with E-state index in [9.17, 15) is 4.79 Å². The van der Waals surface area contributed by atoms with Gasteiger partial charge in [-0.15, -0.1) is 0 Å². The molecule has 0 N–H and O–H groups in total. The van der Waals surface area contributed by atoms with E-state index >= 15 is 0 Å². The molecule has 1 aliphatic rings. The normalized spacial score (nSPS) is 22.0. The molecule has 4 nitrogen and oxygen atoms in total. The van der Waals surface area contributed by atoms with Crippen LogP contribution in [-0.4, -0.2) is 47.8 Å². The molecular weight excluding hydrogens is 505 g/mol. The third-order valence-electron chi connectivity index (χ3n) is 9.49. The largest absolute Gasteiger partial charge is 0.414 e. The van der Waals surface area contributed by atoms with E-state index in [0.717, 1.165) is 44.8 Å². The van der Waals surface area contributed by atoms with E-state index in [4.69, 9.17) is 13.6 Å². The number of aryl methyl sites for hydroxylation is 2. The van der Waals surface area contributed by atoms with Gasteiger partial charge in [0.1, 0.15) is 6.29 Å². The smallest absolute Gasteiger partial charge is 0.192 e. The summed E-state index contributed by atoms with van der Waals surface area (Å²) in [7, 11) is -3.87. The predicted molar refractivity (Wildman–Crippen MR) is 166 cm³/mol. The topological polar surface area (TPSA) is 44.8 Å². The number of hydrogen-bond acceptors (Lipinski definition) is 4. The van der Waals surface area contributed by atoms with Gasteiger partial charge in [0.25, 0.3) is 0 Å². The second-order valence-corrected chi connectivity index (χ2v) is 24.1. The molecule has 1 aromatic carbocycles. The molecule has 1 aromatic rings. The van der Waals surface area contributed by atoms with Crippen LogP contribution in [0.3, 0.4) is 0 Å². The number of benzene rings is 1. The standard InChI is InChI=1S/C32H58O4Si2/c1-12-25-16-18-26(19-17-25)14-13-15-27-22-28(35-30(27)20-21-33)23-29(36-38(10,11)32(5,6)7)24-34-37(8,9)31(2,3)4/h16-19,21,27-30H,12-15,20,22-24H2,1-11H3/t27-,28+,29?,30+/m1/s1. The van der Waals surface area contributed by atoms with Crippen molar-refractivity contribution in [2.45, 2.75) is 148 Å². The average molecular weight is 563 g/mol. The van der Waals surface area contributed by atoms with Gasteiger partial charge < -0.3 is 18.4 Å². The van der Waals surface area contributed by atoms with Gasteiger partial charge in [0.15, 0.2) is 16.6 Å². The SMILES string of the molecule is CCc1ccc(CCC[C@@H]2C[C@@H](CC(CO[Si](C)(C)C(C)(C)C)O[Si](C)(C)C(C)(C)C)O[C@H]2CC=O)cc1. The molecule has 6 heteroatoms. The lowest BCUT2D eigenvalue weighted by molar-refractivity contribution is -0.111. The Bertz CT molecular complexity index is 852. The highest BCUT2D eigenvalue weighted by molar-refractivity contribution is 6.74. The minimum absolute atomic E-state index is 0.0164. The Labute approximate surface area is 236 Å². The van der Waals surface area contributed by atoms with E-state index in [1.807, 2.05) is 0 Å². The highest BCUT2D eigenvalue weighted by Crippen LogP contribution is 2.41. The third kappa shape index (κ3) is 9.69. The van der Waals surface area contributed by atoms with E-state index in [-0.39, 0.29) is 28.4 Å². The van der Waals surface area contributed by atoms with Crippen LogP contribution in [0.25, 0.3) is 0 Å². The van der Waals surface area contributed by atoms with Gasteiger partial charge in [-0.25, -0.2) is 0 Å². The molecule has 1 aliphatic heterocycles. The molecule has 0 bridgehead atoms. The second-order valence-electron chi connectivity index (χ2n) is 14.6. The van der Waals surface area contributed by atoms with Gasteiger partial charge in [-0.2, -0.15) is 0 Å². The molecule has 1 saturated heterocycles. The molecule has 0 saturated carbocycles. The van der Waals surface area contributed by atoms with Crippen LogP contribution in [0.15, 0.2) is 24.3 Å². The highest BCUT2D eigenvalue weighted by atomic mass is 28.4. The summed E-state index contributed by atoms with van der Waals surface area (Å²) in [6.45, 7) is 25.8. The molecule has 0 amide bonds. The quantitative estimate of drug-likeness (QED) is 0.168. The van der Waals surface area contributed by atoms with Crippen LogP contribution in [0, 0.1) is 5.92 Å². The van der Waals surface area contributed by atoms with Crippen molar-refractivity contribution >= 4 is 22.9 Å². The van der Waals surface area contributed by atoms with Crippen molar-refractivity contribution < 1.29 is 18.4 Å². The van der Waals surface area contributed by atoms with E-state index in [1.54, 1.807) is 0 Å². The zero-order valence-electron chi connectivity index (χ0n) is 26.5. The molecule has 0 aliphatic carbocycles. The Kier molecular flexibility index (Phi) is 12.1. The van der Waals surface area contributed by atoms with Crippen molar-refractivity contribution in [2.24, 2.45) is 5.92 Å². The number of carbonyl (C=O) groups is 1. The van der Waals surface area contributed by atoms with Gasteiger partial charge in [-0.3, -0.25) is 0 Å². The molecule has 0 spiro atoms. The monoisotopic (exact) mass is 562 g/mol. The molecule has 218 valence electrons. The summed E-state index contributed by atoms with van der Waals surface area (Å²) in [5, 5.41) is 0.298. The van der Waals surface area contributed by atoms with Crippen LogP contribution in [0.2, 0.25) is 36.3 Å². The average Bonchev–Trinajstić information content (AvgIpc) is 3.17. The summed E-state index contributed by atoms with van der Waals surface area (Å²) in [4.78, 5) is 11.5. The Hall–Kier alpha value is -0.796. The van der Waals surface area contributed by atoms with Gasteiger partial charge in [0, 0.05) is 12.8 Å². The molecule has 1 unspecified atom stereocenters. The summed E-state index contributed by atoms with van der Waals surface area (Å²) < 4.78 is 20.2. The second kappa shape index (κ2) is 13.7. The first-order chi connectivity index (χ1) is 17.5. The van der Waals surface area contributed by atoms with E-state index in [0.29, 0.717) is 18.9 Å². The van der Waals surface area contributed by atoms with E-state index in [2.05, 4.69) is 98.9 Å². The zero-order valence-corrected chi connectivity index (χ0v) is 28.5. The summed E-state index contributed by atoms with van der Waals surface area (Å²) >= 11 is 0. The first-order valence-corrected chi connectivity index (χ1v) is 20.8. The lowest BCUT2D eigenvalue weighted by Crippen LogP contribution is -2.48. The minimum Gasteiger partial charge on any atom is -0.414 e. The molecule has 1 fully saturated rings. The van der Waals surface area contributed by atoms with Crippen molar-refractivity contribution in [3.8, 4) is 0 Å². The Morgan fingerprint density at radius 2 is 1.55 bits per heavy atom. The first-order valence-electron chi connectivity index (χ1n) is 15.0. The van der Waals surface area contributed by atoms with Gasteiger partial charge in [0.2, 0.25) is 0 Å². The van der Waals surface area contributed by atoms with Crippen molar-refractivity contribution in [1.29, 1.82) is 0 Å². The van der Waals surface area contributed by atoms with E-state index in [1.165, 1.54) is 11.1 Å². The Balaban J connectivity index is 2.06. The number of rotatable bonds is 14. The van der Waals surface area contributed by atoms with Crippen molar-refractivity contribution in [3.05, 3.63) is 35.4 Å². The van der Waals surface area contributed by atoms with Crippen LogP contribution in [0.4, 0.5) is 0 Å². The van der Waals surface area contributed by atoms with Crippen LogP contribution in [0.5, 0.6) is 0 Å². The maximum atomic E-state index is 11.5. The third-order valence-corrected chi connectivity index (χ3v) is 18.5. The number of hydrogen-bond donors (Lipinski definition) is 0. The van der Waals surface area contributed by atoms with Crippen LogP contribution in [-0.2, 0) is 31.2 Å². The number of carbonyl (C=O) groups excluding carboxylic acids is 1. The molecule has 2 rings (SSSR count). The van der Waals surface area contributed by atoms with Crippen molar-refractivity contribution in [2.75, 3.05) is 6.61 Å². The predicted octanol–water partition coefficient (Wildman–Crippen LogP) is 8.74. The van der Waals surface area contributed by atoms with E-state index < -0.39 is 16.6 Å². The van der Waals surface area contributed by atoms with Gasteiger partial charge >= 0.3 is 0 Å². The fraction of sp³-hybridized carbons (Fsp3) is 0.781. The highest BCUT2D eigenvalue weighted by Gasteiger charge is 2.43. The summed E-state index contributed by atoms with van der Waals surface area (Å²) in [5.41, 5.74) is 2.79. The molecule has 38 heavy (non-hydrogen) atoms. The van der Waals surface area contributed by atoms with Crippen LogP contribution < -0.4 is 0 Å². The summed E-state index contributed by atoms with van der Waals surface area (Å²) in [6.07, 6.45) is 7.90. The number of ether oxygens (including phenoxy) is 1. The molecule has 0 aromatic heterocycles.